The van der Waals surface area contributed by atoms with Crippen molar-refractivity contribution in [3.8, 4) is 0 Å². The molecule has 1 saturated heterocycles. The van der Waals surface area contributed by atoms with Gasteiger partial charge in [0.15, 0.2) is 6.39 Å². The lowest BCUT2D eigenvalue weighted by molar-refractivity contribution is 0.0562. The van der Waals surface area contributed by atoms with Crippen LogP contribution in [-0.2, 0) is 6.54 Å². The molecule has 0 bridgehead atoms. The molecule has 0 aromatic carbocycles. The largest absolute Gasteiger partial charge is 0.438 e. The molecule has 1 fully saturated rings. The van der Waals surface area contributed by atoms with E-state index in [1.54, 1.807) is 0 Å². The van der Waals surface area contributed by atoms with Crippen LogP contribution in [0.15, 0.2) is 23.2 Å². The van der Waals surface area contributed by atoms with Gasteiger partial charge in [-0.15, -0.1) is 0 Å². The van der Waals surface area contributed by atoms with E-state index in [1.807, 2.05) is 31.1 Å². The number of oxazole rings is 1. The number of aromatic nitrogens is 3. The summed E-state index contributed by atoms with van der Waals surface area (Å²) in [5.74, 6) is 1.37. The molecule has 1 amide bonds. The highest BCUT2D eigenvalue weighted by molar-refractivity contribution is 5.92. The lowest BCUT2D eigenvalue weighted by Gasteiger charge is -2.35. The Bertz CT molecular complexity index is 646. The van der Waals surface area contributed by atoms with Crippen LogP contribution in [0.2, 0.25) is 0 Å². The smallest absolute Gasteiger partial charge is 0.291 e. The fraction of sp³-hybridized carbons (Fsp3) is 0.562. The van der Waals surface area contributed by atoms with Crippen LogP contribution in [0.1, 0.15) is 47.8 Å². The molecule has 22 heavy (non-hydrogen) atoms. The lowest BCUT2D eigenvalue weighted by atomic mass is 9.98. The third-order valence-electron chi connectivity index (χ3n) is 4.45. The minimum absolute atomic E-state index is 0.0259. The molecule has 6 heteroatoms. The van der Waals surface area contributed by atoms with Gasteiger partial charge in [-0.2, -0.15) is 0 Å². The van der Waals surface area contributed by atoms with Gasteiger partial charge in [0, 0.05) is 31.5 Å². The second kappa shape index (κ2) is 6.34. The van der Waals surface area contributed by atoms with Gasteiger partial charge in [0.2, 0.25) is 5.76 Å². The Kier molecular flexibility index (Phi) is 4.27. The highest BCUT2D eigenvalue weighted by Crippen LogP contribution is 2.23. The van der Waals surface area contributed by atoms with Gasteiger partial charge >= 0.3 is 0 Å². The summed E-state index contributed by atoms with van der Waals surface area (Å²) in [6.45, 7) is 5.49. The molecular weight excluding hydrogens is 280 g/mol. The van der Waals surface area contributed by atoms with Crippen LogP contribution in [0.5, 0.6) is 0 Å². The molecule has 0 saturated carbocycles. The van der Waals surface area contributed by atoms with Gasteiger partial charge in [0.05, 0.1) is 5.69 Å². The Morgan fingerprint density at radius 2 is 2.23 bits per heavy atom. The molecule has 1 atom stereocenters. The first-order valence-electron chi connectivity index (χ1n) is 7.85. The molecular formula is C16H22N4O2. The quantitative estimate of drug-likeness (QED) is 0.870. The highest BCUT2D eigenvalue weighted by atomic mass is 16.3. The number of carbonyl (C=O) groups is 1. The molecule has 6 nitrogen and oxygen atoms in total. The van der Waals surface area contributed by atoms with Crippen LogP contribution < -0.4 is 0 Å². The topological polar surface area (TPSA) is 64.2 Å². The zero-order valence-electron chi connectivity index (χ0n) is 13.2. The predicted molar refractivity (Wildman–Crippen MR) is 81.5 cm³/mol. The van der Waals surface area contributed by atoms with Crippen molar-refractivity contribution in [3.05, 3.63) is 36.1 Å². The average Bonchev–Trinajstić information content (AvgIpc) is 3.13. The van der Waals surface area contributed by atoms with E-state index in [2.05, 4.69) is 14.5 Å². The normalized spacial score (nSPS) is 18.6. The fourth-order valence-corrected chi connectivity index (χ4v) is 3.13. The standard InChI is InChI=1S/C16H22N4O2/c1-12-15(22-11-18-12)16(21)20-8-4-3-5-14(20)6-9-19-10-7-17-13(19)2/h7,10-11,14H,3-6,8-9H2,1-2H3/t14-/m1/s1. The number of amides is 1. The first kappa shape index (κ1) is 14.8. The summed E-state index contributed by atoms with van der Waals surface area (Å²) in [6.07, 6.45) is 9.37. The second-order valence-electron chi connectivity index (χ2n) is 5.87. The summed E-state index contributed by atoms with van der Waals surface area (Å²) in [5.41, 5.74) is 0.666. The van der Waals surface area contributed by atoms with Crippen molar-refractivity contribution < 1.29 is 9.21 Å². The van der Waals surface area contributed by atoms with Gasteiger partial charge in [-0.1, -0.05) is 0 Å². The maximum atomic E-state index is 12.7. The van der Waals surface area contributed by atoms with Gasteiger partial charge in [0.1, 0.15) is 5.82 Å². The molecule has 3 rings (SSSR count). The Balaban J connectivity index is 1.70. The number of rotatable bonds is 4. The monoisotopic (exact) mass is 302 g/mol. The molecule has 1 aliphatic heterocycles. The zero-order valence-corrected chi connectivity index (χ0v) is 13.2. The van der Waals surface area contributed by atoms with Gasteiger partial charge < -0.3 is 13.9 Å². The molecule has 0 spiro atoms. The number of piperidine rings is 1. The molecule has 2 aromatic rings. The Morgan fingerprint density at radius 1 is 1.36 bits per heavy atom. The molecule has 1 aliphatic rings. The number of hydrogen-bond donors (Lipinski definition) is 0. The third kappa shape index (κ3) is 2.91. The van der Waals surface area contributed by atoms with Crippen LogP contribution in [-0.4, -0.2) is 37.9 Å². The van der Waals surface area contributed by atoms with Crippen LogP contribution in [0.25, 0.3) is 0 Å². The molecule has 0 radical (unpaired) electrons. The first-order valence-corrected chi connectivity index (χ1v) is 7.85. The molecule has 3 heterocycles. The predicted octanol–water partition coefficient (Wildman–Crippen LogP) is 2.57. The number of carbonyl (C=O) groups excluding carboxylic acids is 1. The average molecular weight is 302 g/mol. The second-order valence-corrected chi connectivity index (χ2v) is 5.87. The van der Waals surface area contributed by atoms with Crippen LogP contribution in [0.3, 0.4) is 0 Å². The van der Waals surface area contributed by atoms with Crippen LogP contribution in [0, 0.1) is 13.8 Å². The first-order chi connectivity index (χ1) is 10.7. The van der Waals surface area contributed by atoms with E-state index in [1.165, 1.54) is 12.8 Å². The summed E-state index contributed by atoms with van der Waals surface area (Å²) >= 11 is 0. The van der Waals surface area contributed by atoms with Crippen LogP contribution in [0.4, 0.5) is 0 Å². The molecule has 0 unspecified atom stereocenters. The molecule has 2 aromatic heterocycles. The Hall–Kier alpha value is -2.11. The Labute approximate surface area is 130 Å². The Morgan fingerprint density at radius 3 is 2.91 bits per heavy atom. The number of aryl methyl sites for hydroxylation is 3. The molecule has 0 aliphatic carbocycles. The third-order valence-corrected chi connectivity index (χ3v) is 4.45. The van der Waals surface area contributed by atoms with Crippen LogP contribution >= 0.6 is 0 Å². The van der Waals surface area contributed by atoms with Crippen molar-refractivity contribution in [1.29, 1.82) is 0 Å². The fourth-order valence-electron chi connectivity index (χ4n) is 3.13. The van der Waals surface area contributed by atoms with E-state index >= 15 is 0 Å². The van der Waals surface area contributed by atoms with Crippen molar-refractivity contribution in [3.63, 3.8) is 0 Å². The van der Waals surface area contributed by atoms with Crippen molar-refractivity contribution in [2.75, 3.05) is 6.54 Å². The summed E-state index contributed by atoms with van der Waals surface area (Å²) < 4.78 is 7.42. The van der Waals surface area contributed by atoms with E-state index in [4.69, 9.17) is 4.42 Å². The van der Waals surface area contributed by atoms with Gasteiger partial charge in [-0.05, 0) is 39.5 Å². The minimum atomic E-state index is -0.0259. The molecule has 0 N–H and O–H groups in total. The number of likely N-dealkylation sites (tertiary alicyclic amines) is 1. The zero-order chi connectivity index (χ0) is 15.5. The van der Waals surface area contributed by atoms with E-state index in [0.717, 1.165) is 38.2 Å². The van der Waals surface area contributed by atoms with Crippen molar-refractivity contribution >= 4 is 5.91 Å². The number of nitrogens with zero attached hydrogens (tertiary/aromatic N) is 4. The van der Waals surface area contributed by atoms with E-state index < -0.39 is 0 Å². The van der Waals surface area contributed by atoms with E-state index in [0.29, 0.717) is 11.5 Å². The minimum Gasteiger partial charge on any atom is -0.438 e. The maximum Gasteiger partial charge on any atom is 0.291 e. The highest BCUT2D eigenvalue weighted by Gasteiger charge is 2.30. The van der Waals surface area contributed by atoms with E-state index in [9.17, 15) is 4.79 Å². The van der Waals surface area contributed by atoms with Gasteiger partial charge in [-0.25, -0.2) is 9.97 Å². The lowest BCUT2D eigenvalue weighted by Crippen LogP contribution is -2.44. The van der Waals surface area contributed by atoms with Crippen molar-refractivity contribution in [2.45, 2.75) is 52.1 Å². The van der Waals surface area contributed by atoms with E-state index in [-0.39, 0.29) is 11.9 Å². The summed E-state index contributed by atoms with van der Waals surface area (Å²) in [4.78, 5) is 22.9. The van der Waals surface area contributed by atoms with Crippen molar-refractivity contribution in [1.82, 2.24) is 19.4 Å². The van der Waals surface area contributed by atoms with Gasteiger partial charge in [-0.3, -0.25) is 4.79 Å². The summed E-state index contributed by atoms with van der Waals surface area (Å²) in [5, 5.41) is 0. The molecule has 118 valence electrons. The number of imidazole rings is 1. The maximum absolute atomic E-state index is 12.7. The number of hydrogen-bond acceptors (Lipinski definition) is 4. The summed E-state index contributed by atoms with van der Waals surface area (Å²) in [6, 6.07) is 0.257. The van der Waals surface area contributed by atoms with Crippen molar-refractivity contribution in [2.24, 2.45) is 0 Å². The summed E-state index contributed by atoms with van der Waals surface area (Å²) in [7, 11) is 0. The van der Waals surface area contributed by atoms with Gasteiger partial charge in [0.25, 0.3) is 5.91 Å². The SMILES string of the molecule is Cc1ncoc1C(=O)N1CCCC[C@@H]1CCn1ccnc1C.